The van der Waals surface area contributed by atoms with Crippen LogP contribution in [0.2, 0.25) is 0 Å². The van der Waals surface area contributed by atoms with Crippen LogP contribution in [0.4, 0.5) is 13.2 Å². The summed E-state index contributed by atoms with van der Waals surface area (Å²) < 4.78 is 47.5. The number of hydrogen-bond acceptors (Lipinski definition) is 1. The fourth-order valence-electron chi connectivity index (χ4n) is 8.83. The molecule has 0 aliphatic rings. The lowest BCUT2D eigenvalue weighted by atomic mass is 9.96. The van der Waals surface area contributed by atoms with Crippen LogP contribution in [0.5, 0.6) is 0 Å². The molecule has 0 radical (unpaired) electrons. The summed E-state index contributed by atoms with van der Waals surface area (Å²) in [6.07, 6.45) is -4.54. The first-order chi connectivity index (χ1) is 28.6. The van der Waals surface area contributed by atoms with Crippen molar-refractivity contribution in [3.63, 3.8) is 0 Å². The van der Waals surface area contributed by atoms with E-state index in [1.165, 1.54) is 12.1 Å². The smallest absolute Gasteiger partial charge is 0.308 e. The van der Waals surface area contributed by atoms with E-state index < -0.39 is 11.7 Å². The zero-order valence-electron chi connectivity index (χ0n) is 32.6. The molecule has 0 spiro atoms. The number of nitriles is 1. The van der Waals surface area contributed by atoms with Crippen LogP contribution in [-0.4, -0.2) is 9.13 Å². The van der Waals surface area contributed by atoms with Crippen LogP contribution in [-0.2, 0) is 6.18 Å². The van der Waals surface area contributed by atoms with Gasteiger partial charge in [0, 0.05) is 21.5 Å². The minimum absolute atomic E-state index is 0.393. The van der Waals surface area contributed by atoms with Crippen molar-refractivity contribution in [2.24, 2.45) is 0 Å². The van der Waals surface area contributed by atoms with Gasteiger partial charge in [0.25, 0.3) is 0 Å². The molecule has 0 amide bonds. The molecule has 8 aromatic carbocycles. The molecular formula is C53H36F3N3. The summed E-state index contributed by atoms with van der Waals surface area (Å²) in [6, 6.07) is 56.2. The Kier molecular flexibility index (Phi) is 8.33. The first-order valence-electron chi connectivity index (χ1n) is 19.5. The molecule has 0 fully saturated rings. The lowest BCUT2D eigenvalue weighted by molar-refractivity contribution is -0.137. The molecule has 6 heteroatoms. The molecule has 10 aromatic rings. The van der Waals surface area contributed by atoms with E-state index in [4.69, 9.17) is 0 Å². The quantitative estimate of drug-likeness (QED) is 0.172. The molecule has 10 rings (SSSR count). The van der Waals surface area contributed by atoms with E-state index in [9.17, 15) is 18.4 Å². The van der Waals surface area contributed by atoms with E-state index in [-0.39, 0.29) is 0 Å². The van der Waals surface area contributed by atoms with Crippen LogP contribution in [0.15, 0.2) is 164 Å². The molecule has 0 N–H and O–H groups in total. The van der Waals surface area contributed by atoms with Gasteiger partial charge in [0.2, 0.25) is 0 Å². The molecule has 0 aliphatic carbocycles. The van der Waals surface area contributed by atoms with Crippen LogP contribution in [0, 0.1) is 32.1 Å². The number of alkyl halides is 3. The Morgan fingerprint density at radius 2 is 0.847 bits per heavy atom. The topological polar surface area (TPSA) is 33.6 Å². The van der Waals surface area contributed by atoms with Crippen LogP contribution < -0.4 is 0 Å². The van der Waals surface area contributed by atoms with Gasteiger partial charge in [-0.3, -0.25) is 0 Å². The second-order valence-electron chi connectivity index (χ2n) is 15.5. The lowest BCUT2D eigenvalue weighted by Gasteiger charge is -2.19. The van der Waals surface area contributed by atoms with Gasteiger partial charge < -0.3 is 9.13 Å². The van der Waals surface area contributed by atoms with Crippen molar-refractivity contribution < 1.29 is 13.2 Å². The van der Waals surface area contributed by atoms with Gasteiger partial charge in [-0.15, -0.1) is 0 Å². The molecule has 0 bridgehead atoms. The summed E-state index contributed by atoms with van der Waals surface area (Å²) in [6.45, 7) is 5.82. The monoisotopic (exact) mass is 771 g/mol. The fourth-order valence-corrected chi connectivity index (χ4v) is 8.83. The van der Waals surface area contributed by atoms with Crippen molar-refractivity contribution in [2.75, 3.05) is 0 Å². The Hall–Kier alpha value is -7.36. The first-order valence-corrected chi connectivity index (χ1v) is 19.5. The summed E-state index contributed by atoms with van der Waals surface area (Å²) in [5.41, 5.74) is 12.2. The maximum Gasteiger partial charge on any atom is 0.416 e. The van der Waals surface area contributed by atoms with E-state index in [1.807, 2.05) is 60.7 Å². The molecule has 59 heavy (non-hydrogen) atoms. The van der Waals surface area contributed by atoms with E-state index in [0.29, 0.717) is 33.6 Å². The average Bonchev–Trinajstić information content (AvgIpc) is 3.74. The predicted molar refractivity (Wildman–Crippen MR) is 235 cm³/mol. The van der Waals surface area contributed by atoms with Crippen molar-refractivity contribution in [1.82, 2.24) is 9.13 Å². The highest BCUT2D eigenvalue weighted by atomic mass is 19.4. The van der Waals surface area contributed by atoms with E-state index in [0.717, 1.165) is 77.0 Å². The largest absolute Gasteiger partial charge is 0.416 e. The number of para-hydroxylation sites is 2. The maximum atomic E-state index is 14.4. The third kappa shape index (κ3) is 6.06. The third-order valence-electron chi connectivity index (χ3n) is 11.5. The molecule has 0 aliphatic heterocycles. The Balaban J connectivity index is 1.35. The minimum Gasteiger partial charge on any atom is -0.308 e. The van der Waals surface area contributed by atoms with Crippen LogP contribution in [0.25, 0.3) is 88.4 Å². The van der Waals surface area contributed by atoms with Crippen LogP contribution in [0.1, 0.15) is 27.8 Å². The highest BCUT2D eigenvalue weighted by molar-refractivity contribution is 6.12. The van der Waals surface area contributed by atoms with Crippen molar-refractivity contribution in [3.05, 3.63) is 192 Å². The Morgan fingerprint density at radius 1 is 0.407 bits per heavy atom. The Labute approximate surface area is 339 Å². The van der Waals surface area contributed by atoms with Crippen molar-refractivity contribution in [3.8, 4) is 50.8 Å². The molecule has 2 aromatic heterocycles. The van der Waals surface area contributed by atoms with Gasteiger partial charge in [0.05, 0.1) is 39.0 Å². The number of aromatic nitrogens is 2. The van der Waals surface area contributed by atoms with Crippen molar-refractivity contribution in [2.45, 2.75) is 26.9 Å². The van der Waals surface area contributed by atoms with E-state index in [1.54, 1.807) is 13.0 Å². The first kappa shape index (κ1) is 36.0. The van der Waals surface area contributed by atoms with Gasteiger partial charge in [-0.2, -0.15) is 18.4 Å². The van der Waals surface area contributed by atoms with E-state index >= 15 is 0 Å². The molecular weight excluding hydrogens is 736 g/mol. The van der Waals surface area contributed by atoms with Gasteiger partial charge in [-0.05, 0) is 108 Å². The van der Waals surface area contributed by atoms with Crippen molar-refractivity contribution in [1.29, 1.82) is 5.26 Å². The van der Waals surface area contributed by atoms with Crippen molar-refractivity contribution >= 4 is 43.6 Å². The van der Waals surface area contributed by atoms with Gasteiger partial charge >= 0.3 is 6.18 Å². The fraction of sp³-hybridized carbons (Fsp3) is 0.0755. The number of halogens is 3. The molecule has 0 saturated carbocycles. The lowest BCUT2D eigenvalue weighted by Crippen LogP contribution is -2.07. The number of nitrogens with zero attached hydrogens (tertiary/aromatic N) is 3. The minimum atomic E-state index is -4.54. The van der Waals surface area contributed by atoms with Crippen LogP contribution >= 0.6 is 0 Å². The Morgan fingerprint density at radius 3 is 1.32 bits per heavy atom. The summed E-state index contributed by atoms with van der Waals surface area (Å²) >= 11 is 0. The number of benzene rings is 8. The van der Waals surface area contributed by atoms with Gasteiger partial charge in [0.15, 0.2) is 0 Å². The third-order valence-corrected chi connectivity index (χ3v) is 11.5. The number of hydrogen-bond donors (Lipinski definition) is 0. The zero-order chi connectivity index (χ0) is 40.6. The summed E-state index contributed by atoms with van der Waals surface area (Å²) in [7, 11) is 0. The van der Waals surface area contributed by atoms with E-state index in [2.05, 4.69) is 114 Å². The van der Waals surface area contributed by atoms with Crippen LogP contribution in [0.3, 0.4) is 0 Å². The summed E-state index contributed by atoms with van der Waals surface area (Å²) in [5.74, 6) is 0. The van der Waals surface area contributed by atoms with Gasteiger partial charge in [-0.25, -0.2) is 0 Å². The highest BCUT2D eigenvalue weighted by Crippen LogP contribution is 2.43. The van der Waals surface area contributed by atoms with Gasteiger partial charge in [0.1, 0.15) is 11.6 Å². The molecule has 0 atom stereocenters. The molecule has 2 heterocycles. The summed E-state index contributed by atoms with van der Waals surface area (Å²) in [5, 5.41) is 15.5. The second-order valence-corrected chi connectivity index (χ2v) is 15.5. The number of aryl methyl sites for hydroxylation is 3. The molecule has 284 valence electrons. The van der Waals surface area contributed by atoms with Gasteiger partial charge in [-0.1, -0.05) is 126 Å². The maximum absolute atomic E-state index is 14.4. The molecule has 0 saturated heterocycles. The standard InChI is InChI=1S/C53H36F3N3/c1-32-10-8-12-35(22-32)37-18-20-44-42-14-4-6-16-47(42)58(49(44)27-37)51-29-40(39-24-34(3)25-41(26-39)53(54,55)56)30-52(46(51)31-57)59-48-17-7-5-15-43(48)45-21-19-38(28-50(45)59)36-13-9-11-33(2)23-36/h4-30H,1-3H3. The normalized spacial score (nSPS) is 11.9. The zero-order valence-corrected chi connectivity index (χ0v) is 32.6. The second kappa shape index (κ2) is 13.6. The molecule has 3 nitrogen and oxygen atoms in total. The number of fused-ring (bicyclic) bond motifs is 6. The highest BCUT2D eigenvalue weighted by Gasteiger charge is 2.31. The molecule has 0 unspecified atom stereocenters. The summed E-state index contributed by atoms with van der Waals surface area (Å²) in [4.78, 5) is 0. The average molecular weight is 772 g/mol. The SMILES string of the molecule is Cc1cccc(-c2ccc3c4ccccc4n(-c4cc(-c5cc(C)cc(C(F)(F)F)c5)cc(-n5c6ccccc6c6ccc(-c7cccc(C)c7)cc65)c4C#N)c3c2)c1. The Bertz CT molecular complexity index is 3190. The number of rotatable bonds is 5. The predicted octanol–water partition coefficient (Wildman–Crippen LogP) is 14.7.